The number of carbonyl (C=O) groups is 2. The fourth-order valence-electron chi connectivity index (χ4n) is 3.80. The summed E-state index contributed by atoms with van der Waals surface area (Å²) in [6.45, 7) is 12.8. The predicted octanol–water partition coefficient (Wildman–Crippen LogP) is 5.79. The van der Waals surface area contributed by atoms with Crippen molar-refractivity contribution in [3.8, 4) is 17.2 Å². The van der Waals surface area contributed by atoms with E-state index in [0.717, 1.165) is 16.7 Å². The summed E-state index contributed by atoms with van der Waals surface area (Å²) in [5.74, 6) is 0.745. The van der Waals surface area contributed by atoms with Gasteiger partial charge < -0.3 is 14.2 Å². The molecule has 0 saturated carbocycles. The number of amides is 1. The van der Waals surface area contributed by atoms with E-state index in [9.17, 15) is 9.59 Å². The van der Waals surface area contributed by atoms with Crippen LogP contribution >= 0.6 is 0 Å². The minimum Gasteiger partial charge on any atom is -0.485 e. The van der Waals surface area contributed by atoms with Crippen molar-refractivity contribution in [3.05, 3.63) is 89.0 Å². The summed E-state index contributed by atoms with van der Waals surface area (Å²) in [5, 5.41) is 4.03. The highest BCUT2D eigenvalue weighted by Crippen LogP contribution is 2.36. The van der Waals surface area contributed by atoms with Gasteiger partial charge >= 0.3 is 5.97 Å². The molecular formula is C31H34N2O5. The van der Waals surface area contributed by atoms with Crippen molar-refractivity contribution in [2.45, 2.75) is 58.5 Å². The van der Waals surface area contributed by atoms with Gasteiger partial charge in [0, 0.05) is 0 Å². The van der Waals surface area contributed by atoms with E-state index < -0.39 is 18.0 Å². The van der Waals surface area contributed by atoms with E-state index in [1.807, 2.05) is 30.3 Å². The number of benzene rings is 3. The molecule has 1 aliphatic rings. The minimum atomic E-state index is -0.811. The molecule has 0 spiro atoms. The number of hydrogen-bond acceptors (Lipinski definition) is 6. The number of hydrogen-bond donors (Lipinski definition) is 1. The van der Waals surface area contributed by atoms with Gasteiger partial charge in [0.25, 0.3) is 5.91 Å². The molecule has 3 aromatic carbocycles. The van der Waals surface area contributed by atoms with Crippen molar-refractivity contribution in [2.75, 3.05) is 6.61 Å². The number of hydrazone groups is 1. The number of carbonyl (C=O) groups excluding carboxylic acids is 2. The molecule has 1 N–H and O–H groups in total. The zero-order valence-electron chi connectivity index (χ0n) is 22.7. The van der Waals surface area contributed by atoms with E-state index in [-0.39, 0.29) is 17.4 Å². The Morgan fingerprint density at radius 1 is 0.868 bits per heavy atom. The second kappa shape index (κ2) is 10.7. The van der Waals surface area contributed by atoms with Gasteiger partial charge in [-0.25, -0.2) is 10.2 Å². The summed E-state index contributed by atoms with van der Waals surface area (Å²) in [6, 6.07) is 20.0. The number of esters is 1. The smallest absolute Gasteiger partial charge is 0.343 e. The molecule has 0 unspecified atom stereocenters. The summed E-state index contributed by atoms with van der Waals surface area (Å²) in [5.41, 5.74) is 5.90. The summed E-state index contributed by atoms with van der Waals surface area (Å²) in [4.78, 5) is 25.1. The van der Waals surface area contributed by atoms with Crippen LogP contribution in [-0.4, -0.2) is 30.8 Å². The van der Waals surface area contributed by atoms with Crippen molar-refractivity contribution < 1.29 is 23.8 Å². The molecule has 1 heterocycles. The molecule has 198 valence electrons. The Labute approximate surface area is 223 Å². The van der Waals surface area contributed by atoms with Gasteiger partial charge in [0.15, 0.2) is 11.5 Å². The van der Waals surface area contributed by atoms with Crippen LogP contribution in [0.25, 0.3) is 0 Å². The Kier molecular flexibility index (Phi) is 7.58. The first kappa shape index (κ1) is 26.9. The maximum atomic E-state index is 12.6. The number of ether oxygens (including phenoxy) is 3. The van der Waals surface area contributed by atoms with Crippen LogP contribution in [0.5, 0.6) is 17.2 Å². The molecule has 0 bridgehead atoms. The second-order valence-electron chi connectivity index (χ2n) is 11.3. The minimum absolute atomic E-state index is 0.0120. The van der Waals surface area contributed by atoms with Crippen LogP contribution in [0, 0.1) is 0 Å². The van der Waals surface area contributed by atoms with Crippen molar-refractivity contribution in [1.82, 2.24) is 5.43 Å². The molecular weight excluding hydrogens is 480 g/mol. The average molecular weight is 515 g/mol. The van der Waals surface area contributed by atoms with Crippen LogP contribution in [0.2, 0.25) is 0 Å². The van der Waals surface area contributed by atoms with E-state index in [4.69, 9.17) is 14.2 Å². The van der Waals surface area contributed by atoms with E-state index in [0.29, 0.717) is 22.8 Å². The Hall–Kier alpha value is -4.13. The third-order valence-electron chi connectivity index (χ3n) is 6.23. The van der Waals surface area contributed by atoms with Gasteiger partial charge in [0.2, 0.25) is 6.10 Å². The average Bonchev–Trinajstić information content (AvgIpc) is 2.88. The van der Waals surface area contributed by atoms with Gasteiger partial charge in [-0.05, 0) is 76.1 Å². The molecule has 1 aliphatic heterocycles. The lowest BCUT2D eigenvalue weighted by Crippen LogP contribution is -2.42. The quantitative estimate of drug-likeness (QED) is 0.202. The Morgan fingerprint density at radius 2 is 1.50 bits per heavy atom. The van der Waals surface area contributed by atoms with Crippen molar-refractivity contribution in [1.29, 1.82) is 0 Å². The Morgan fingerprint density at radius 3 is 2.13 bits per heavy atom. The van der Waals surface area contributed by atoms with Crippen LogP contribution in [-0.2, 0) is 15.6 Å². The molecule has 7 heteroatoms. The first-order chi connectivity index (χ1) is 17.9. The molecule has 38 heavy (non-hydrogen) atoms. The fraction of sp³-hybridized carbons (Fsp3) is 0.323. The number of fused-ring (bicyclic) bond motifs is 1. The zero-order valence-corrected chi connectivity index (χ0v) is 22.7. The van der Waals surface area contributed by atoms with Gasteiger partial charge in [-0.2, -0.15) is 5.10 Å². The molecule has 0 radical (unpaired) electrons. The third-order valence-corrected chi connectivity index (χ3v) is 6.23. The van der Waals surface area contributed by atoms with Crippen LogP contribution in [0.1, 0.15) is 68.6 Å². The molecule has 1 amide bonds. The van der Waals surface area contributed by atoms with Crippen LogP contribution in [0.15, 0.2) is 71.8 Å². The largest absolute Gasteiger partial charge is 0.485 e. The highest BCUT2D eigenvalue weighted by atomic mass is 16.6. The highest BCUT2D eigenvalue weighted by Gasteiger charge is 2.28. The van der Waals surface area contributed by atoms with Gasteiger partial charge in [-0.15, -0.1) is 0 Å². The monoisotopic (exact) mass is 514 g/mol. The lowest BCUT2D eigenvalue weighted by atomic mass is 9.87. The SMILES string of the molecule is CC(C)(C)c1ccc(C(=O)Oc2ccc(/C=N/NC(=O)[C@@H]3COc4ccc(C(C)(C)C)cc4O3)cc2)cc1. The maximum Gasteiger partial charge on any atom is 0.343 e. The molecule has 0 fully saturated rings. The van der Waals surface area contributed by atoms with E-state index in [1.54, 1.807) is 36.4 Å². The number of nitrogens with zero attached hydrogens (tertiary/aromatic N) is 1. The summed E-state index contributed by atoms with van der Waals surface area (Å²) in [6.07, 6.45) is 0.693. The van der Waals surface area contributed by atoms with Crippen molar-refractivity contribution >= 4 is 18.1 Å². The van der Waals surface area contributed by atoms with Gasteiger partial charge in [-0.1, -0.05) is 59.7 Å². The van der Waals surface area contributed by atoms with E-state index >= 15 is 0 Å². The fourth-order valence-corrected chi connectivity index (χ4v) is 3.80. The normalized spacial score (nSPS) is 15.3. The van der Waals surface area contributed by atoms with Crippen LogP contribution in [0.4, 0.5) is 0 Å². The Bertz CT molecular complexity index is 1330. The lowest BCUT2D eigenvalue weighted by Gasteiger charge is -2.27. The molecule has 4 rings (SSSR count). The van der Waals surface area contributed by atoms with Gasteiger partial charge in [0.05, 0.1) is 11.8 Å². The number of rotatable bonds is 5. The zero-order chi connectivity index (χ0) is 27.5. The van der Waals surface area contributed by atoms with Crippen LogP contribution in [0.3, 0.4) is 0 Å². The molecule has 1 atom stereocenters. The summed E-state index contributed by atoms with van der Waals surface area (Å²) in [7, 11) is 0. The first-order valence-electron chi connectivity index (χ1n) is 12.6. The number of nitrogens with one attached hydrogen (secondary N) is 1. The molecule has 3 aromatic rings. The van der Waals surface area contributed by atoms with Crippen LogP contribution < -0.4 is 19.6 Å². The first-order valence-corrected chi connectivity index (χ1v) is 12.6. The lowest BCUT2D eigenvalue weighted by molar-refractivity contribution is -0.130. The molecule has 0 aliphatic carbocycles. The summed E-state index contributed by atoms with van der Waals surface area (Å²) < 4.78 is 17.1. The Balaban J connectivity index is 1.30. The van der Waals surface area contributed by atoms with E-state index in [1.165, 1.54) is 6.21 Å². The van der Waals surface area contributed by atoms with Crippen molar-refractivity contribution in [3.63, 3.8) is 0 Å². The maximum absolute atomic E-state index is 12.6. The highest BCUT2D eigenvalue weighted by molar-refractivity contribution is 5.91. The topological polar surface area (TPSA) is 86.2 Å². The molecule has 0 aromatic heterocycles. The predicted molar refractivity (Wildman–Crippen MR) is 147 cm³/mol. The van der Waals surface area contributed by atoms with Crippen molar-refractivity contribution in [2.24, 2.45) is 5.10 Å². The molecule has 7 nitrogen and oxygen atoms in total. The summed E-state index contributed by atoms with van der Waals surface area (Å²) >= 11 is 0. The van der Waals surface area contributed by atoms with E-state index in [2.05, 4.69) is 52.1 Å². The van der Waals surface area contributed by atoms with Gasteiger partial charge in [-0.3, -0.25) is 4.79 Å². The third kappa shape index (κ3) is 6.59. The van der Waals surface area contributed by atoms with Gasteiger partial charge in [0.1, 0.15) is 12.4 Å². The standard InChI is InChI=1S/C31H34N2O5/c1-30(2,3)22-11-9-21(10-12-22)29(35)37-24-14-7-20(8-15-24)18-32-33-28(34)27-19-36-25-16-13-23(31(4,5)6)17-26(25)38-27/h7-18,27H,19H2,1-6H3,(H,33,34)/b32-18+/t27-/m0/s1. The second-order valence-corrected chi connectivity index (χ2v) is 11.3. The molecule has 0 saturated heterocycles.